The molecular weight excluding hydrogens is 342 g/mol. The Hall–Kier alpha value is -2.48. The van der Waals surface area contributed by atoms with Gasteiger partial charge in [0.1, 0.15) is 5.82 Å². The van der Waals surface area contributed by atoms with Crippen LogP contribution in [0.25, 0.3) is 0 Å². The van der Waals surface area contributed by atoms with Crippen molar-refractivity contribution in [2.75, 3.05) is 25.0 Å². The maximum absolute atomic E-state index is 12.0. The maximum Gasteiger partial charge on any atom is 0.288 e. The predicted molar refractivity (Wildman–Crippen MR) is 105 cm³/mol. The molecule has 0 aromatic carbocycles. The number of hydrogen-bond donors (Lipinski definition) is 2. The highest BCUT2D eigenvalue weighted by Crippen LogP contribution is 2.24. The molecule has 8 heteroatoms. The minimum Gasteiger partial charge on any atom is -0.355 e. The van der Waals surface area contributed by atoms with Gasteiger partial charge < -0.3 is 15.5 Å². The topological polar surface area (TPSA) is 88.0 Å². The molecule has 146 valence electrons. The van der Waals surface area contributed by atoms with Crippen molar-refractivity contribution in [3.63, 3.8) is 0 Å². The van der Waals surface area contributed by atoms with Crippen molar-refractivity contribution in [3.05, 3.63) is 34.5 Å². The van der Waals surface area contributed by atoms with Crippen LogP contribution in [0.15, 0.2) is 6.20 Å². The molecule has 8 nitrogen and oxygen atoms in total. The Bertz CT molecular complexity index is 830. The van der Waals surface area contributed by atoms with E-state index in [-0.39, 0.29) is 11.7 Å². The van der Waals surface area contributed by atoms with Crippen LogP contribution in [0.1, 0.15) is 46.5 Å². The lowest BCUT2D eigenvalue weighted by atomic mass is 10.2. The molecule has 3 heterocycles. The molecule has 1 amide bonds. The van der Waals surface area contributed by atoms with Gasteiger partial charge in [-0.2, -0.15) is 5.10 Å². The van der Waals surface area contributed by atoms with Crippen LogP contribution in [-0.4, -0.2) is 51.8 Å². The van der Waals surface area contributed by atoms with Gasteiger partial charge in [-0.1, -0.05) is 6.92 Å². The summed E-state index contributed by atoms with van der Waals surface area (Å²) in [5, 5.41) is 10.8. The zero-order valence-electron chi connectivity index (χ0n) is 16.8. The zero-order chi connectivity index (χ0) is 19.6. The Morgan fingerprint density at radius 3 is 2.81 bits per heavy atom. The third kappa shape index (κ3) is 4.10. The van der Waals surface area contributed by atoms with Crippen LogP contribution >= 0.6 is 0 Å². The highest BCUT2D eigenvalue weighted by Gasteiger charge is 2.26. The zero-order valence-corrected chi connectivity index (χ0v) is 16.8. The SMILES string of the molecule is CCc1nn(C)cc1CN[C@@H]1CCN(c2nc(C(=O)NC)nc(C)c2C)C1. The fraction of sp³-hybridized carbons (Fsp3) is 0.579. The van der Waals surface area contributed by atoms with Gasteiger partial charge in [0.05, 0.1) is 5.69 Å². The van der Waals surface area contributed by atoms with E-state index in [1.54, 1.807) is 7.05 Å². The molecule has 0 unspecified atom stereocenters. The minimum absolute atomic E-state index is 0.231. The van der Waals surface area contributed by atoms with E-state index in [2.05, 4.69) is 43.7 Å². The van der Waals surface area contributed by atoms with E-state index in [0.717, 1.165) is 55.2 Å². The molecule has 0 aliphatic carbocycles. The first-order valence-electron chi connectivity index (χ1n) is 9.50. The number of carbonyl (C=O) groups excluding carboxylic acids is 1. The summed E-state index contributed by atoms with van der Waals surface area (Å²) >= 11 is 0. The number of amides is 1. The monoisotopic (exact) mass is 371 g/mol. The minimum atomic E-state index is -0.253. The quantitative estimate of drug-likeness (QED) is 0.791. The van der Waals surface area contributed by atoms with Crippen LogP contribution in [0.3, 0.4) is 0 Å². The Labute approximate surface area is 160 Å². The largest absolute Gasteiger partial charge is 0.355 e. The van der Waals surface area contributed by atoms with Gasteiger partial charge in [0.15, 0.2) is 0 Å². The van der Waals surface area contributed by atoms with Gasteiger partial charge in [-0.25, -0.2) is 9.97 Å². The fourth-order valence-electron chi connectivity index (χ4n) is 3.54. The van der Waals surface area contributed by atoms with Gasteiger partial charge in [-0.3, -0.25) is 9.48 Å². The summed E-state index contributed by atoms with van der Waals surface area (Å²) in [5.41, 5.74) is 4.29. The molecule has 2 aromatic heterocycles. The second-order valence-electron chi connectivity index (χ2n) is 7.10. The average Bonchev–Trinajstić information content (AvgIpc) is 3.27. The molecule has 1 atom stereocenters. The molecule has 0 bridgehead atoms. The molecule has 1 aliphatic rings. The van der Waals surface area contributed by atoms with E-state index in [1.165, 1.54) is 5.56 Å². The van der Waals surface area contributed by atoms with Gasteiger partial charge in [0, 0.05) is 62.8 Å². The molecule has 0 radical (unpaired) electrons. The number of aryl methyl sites for hydroxylation is 3. The highest BCUT2D eigenvalue weighted by molar-refractivity contribution is 5.90. The first-order valence-corrected chi connectivity index (χ1v) is 9.50. The van der Waals surface area contributed by atoms with Gasteiger partial charge in [0.25, 0.3) is 5.91 Å². The molecule has 27 heavy (non-hydrogen) atoms. The molecule has 0 saturated carbocycles. The Kier molecular flexibility index (Phi) is 5.74. The highest BCUT2D eigenvalue weighted by atomic mass is 16.2. The van der Waals surface area contributed by atoms with Crippen molar-refractivity contribution >= 4 is 11.7 Å². The van der Waals surface area contributed by atoms with E-state index in [4.69, 9.17) is 0 Å². The molecule has 0 spiro atoms. The Morgan fingerprint density at radius 1 is 1.33 bits per heavy atom. The number of hydrogen-bond acceptors (Lipinski definition) is 6. The van der Waals surface area contributed by atoms with Crippen molar-refractivity contribution in [2.45, 2.75) is 46.2 Å². The van der Waals surface area contributed by atoms with Crippen LogP contribution in [0, 0.1) is 13.8 Å². The van der Waals surface area contributed by atoms with Crippen LogP contribution in [-0.2, 0) is 20.0 Å². The average molecular weight is 371 g/mol. The molecule has 1 aliphatic heterocycles. The number of carbonyl (C=O) groups is 1. The van der Waals surface area contributed by atoms with Crippen molar-refractivity contribution in [1.29, 1.82) is 0 Å². The van der Waals surface area contributed by atoms with Crippen LogP contribution in [0.4, 0.5) is 5.82 Å². The van der Waals surface area contributed by atoms with Gasteiger partial charge in [-0.15, -0.1) is 0 Å². The second kappa shape index (κ2) is 8.04. The van der Waals surface area contributed by atoms with Crippen LogP contribution in [0.5, 0.6) is 0 Å². The molecule has 1 saturated heterocycles. The third-order valence-corrected chi connectivity index (χ3v) is 5.19. The molecule has 2 N–H and O–H groups in total. The first-order chi connectivity index (χ1) is 12.9. The number of nitrogens with one attached hydrogen (secondary N) is 2. The molecule has 3 rings (SSSR count). The van der Waals surface area contributed by atoms with Crippen LogP contribution < -0.4 is 15.5 Å². The number of rotatable bonds is 6. The summed E-state index contributed by atoms with van der Waals surface area (Å²) in [4.78, 5) is 23.1. The Balaban J connectivity index is 1.69. The van der Waals surface area contributed by atoms with Gasteiger partial charge in [0.2, 0.25) is 5.82 Å². The molecule has 2 aromatic rings. The van der Waals surface area contributed by atoms with Crippen molar-refractivity contribution < 1.29 is 4.79 Å². The maximum atomic E-state index is 12.0. The van der Waals surface area contributed by atoms with E-state index >= 15 is 0 Å². The summed E-state index contributed by atoms with van der Waals surface area (Å²) in [6.07, 6.45) is 4.07. The van der Waals surface area contributed by atoms with Crippen molar-refractivity contribution in [2.24, 2.45) is 7.05 Å². The lowest BCUT2D eigenvalue weighted by molar-refractivity contribution is 0.0952. The van der Waals surface area contributed by atoms with E-state index in [9.17, 15) is 4.79 Å². The fourth-order valence-corrected chi connectivity index (χ4v) is 3.54. The molecule has 1 fully saturated rings. The summed E-state index contributed by atoms with van der Waals surface area (Å²) in [7, 11) is 3.56. The third-order valence-electron chi connectivity index (χ3n) is 5.19. The van der Waals surface area contributed by atoms with Crippen molar-refractivity contribution in [3.8, 4) is 0 Å². The number of aromatic nitrogens is 4. The summed E-state index contributed by atoms with van der Waals surface area (Å²) in [5.74, 6) is 0.841. The lowest BCUT2D eigenvalue weighted by Crippen LogP contribution is -2.33. The smallest absolute Gasteiger partial charge is 0.288 e. The predicted octanol–water partition coefficient (Wildman–Crippen LogP) is 1.12. The van der Waals surface area contributed by atoms with E-state index in [0.29, 0.717) is 6.04 Å². The normalized spacial score (nSPS) is 16.8. The standard InChI is InChI=1S/C19H29N7O/c1-6-16-14(10-25(5)24-16)9-21-15-7-8-26(11-15)18-12(2)13(3)22-17(23-18)19(27)20-4/h10,15,21H,6-9,11H2,1-5H3,(H,20,27)/t15-/m1/s1. The molecular formula is C19H29N7O. The lowest BCUT2D eigenvalue weighted by Gasteiger charge is -2.21. The number of anilines is 1. The number of nitrogens with zero attached hydrogens (tertiary/aromatic N) is 5. The summed E-state index contributed by atoms with van der Waals surface area (Å²) < 4.78 is 1.88. The van der Waals surface area contributed by atoms with E-state index < -0.39 is 0 Å². The van der Waals surface area contributed by atoms with E-state index in [1.807, 2.05) is 25.6 Å². The first kappa shape index (κ1) is 19.3. The Morgan fingerprint density at radius 2 is 2.11 bits per heavy atom. The van der Waals surface area contributed by atoms with Gasteiger partial charge >= 0.3 is 0 Å². The second-order valence-corrected chi connectivity index (χ2v) is 7.10. The van der Waals surface area contributed by atoms with Crippen LogP contribution in [0.2, 0.25) is 0 Å². The summed E-state index contributed by atoms with van der Waals surface area (Å²) in [6.45, 7) is 8.67. The summed E-state index contributed by atoms with van der Waals surface area (Å²) in [6, 6.07) is 0.382. The van der Waals surface area contributed by atoms with Crippen molar-refractivity contribution in [1.82, 2.24) is 30.4 Å². The van der Waals surface area contributed by atoms with Gasteiger partial charge in [-0.05, 0) is 26.7 Å².